The van der Waals surface area contributed by atoms with Crippen LogP contribution >= 0.6 is 0 Å². The molecule has 3 aromatic rings. The zero-order valence-corrected chi connectivity index (χ0v) is 15.5. The lowest BCUT2D eigenvalue weighted by atomic mass is 9.78. The van der Waals surface area contributed by atoms with Gasteiger partial charge >= 0.3 is 7.12 Å². The van der Waals surface area contributed by atoms with Gasteiger partial charge in [-0.3, -0.25) is 0 Å². The SMILES string of the molecule is CC1(C)OB(c2ccc3cc(-c4ccc(F)cc4)ccc3c2)OC1(C)C. The molecule has 0 atom stereocenters. The molecule has 4 heteroatoms. The van der Waals surface area contributed by atoms with E-state index in [1.807, 2.05) is 0 Å². The molecule has 0 aliphatic carbocycles. The van der Waals surface area contributed by atoms with Crippen molar-refractivity contribution in [3.8, 4) is 11.1 Å². The van der Waals surface area contributed by atoms with Crippen LogP contribution in [-0.4, -0.2) is 18.3 Å². The van der Waals surface area contributed by atoms with E-state index in [9.17, 15) is 4.39 Å². The van der Waals surface area contributed by atoms with Crippen molar-refractivity contribution in [1.29, 1.82) is 0 Å². The van der Waals surface area contributed by atoms with Crippen LogP contribution < -0.4 is 5.46 Å². The van der Waals surface area contributed by atoms with Crippen LogP contribution in [0.4, 0.5) is 4.39 Å². The second kappa shape index (κ2) is 5.93. The largest absolute Gasteiger partial charge is 0.494 e. The Kier molecular flexibility index (Phi) is 3.94. The Morgan fingerprint density at radius 1 is 0.692 bits per heavy atom. The van der Waals surface area contributed by atoms with Gasteiger partial charge in [-0.15, -0.1) is 0 Å². The summed E-state index contributed by atoms with van der Waals surface area (Å²) in [6.07, 6.45) is 0. The van der Waals surface area contributed by atoms with Gasteiger partial charge in [0.05, 0.1) is 11.2 Å². The summed E-state index contributed by atoms with van der Waals surface area (Å²) in [5.41, 5.74) is 2.40. The Morgan fingerprint density at radius 3 is 1.88 bits per heavy atom. The van der Waals surface area contributed by atoms with Gasteiger partial charge in [0.15, 0.2) is 0 Å². The molecule has 1 fully saturated rings. The van der Waals surface area contributed by atoms with Crippen molar-refractivity contribution >= 4 is 23.4 Å². The van der Waals surface area contributed by atoms with Crippen LogP contribution in [0, 0.1) is 5.82 Å². The molecule has 0 bridgehead atoms. The molecule has 132 valence electrons. The summed E-state index contributed by atoms with van der Waals surface area (Å²) in [5, 5.41) is 2.26. The minimum absolute atomic E-state index is 0.221. The smallest absolute Gasteiger partial charge is 0.399 e. The van der Waals surface area contributed by atoms with Crippen LogP contribution in [0.25, 0.3) is 21.9 Å². The lowest BCUT2D eigenvalue weighted by Gasteiger charge is -2.32. The summed E-state index contributed by atoms with van der Waals surface area (Å²) in [6, 6.07) is 19.1. The second-order valence-corrected chi connectivity index (χ2v) is 7.92. The summed E-state index contributed by atoms with van der Waals surface area (Å²) in [5.74, 6) is -0.221. The average molecular weight is 348 g/mol. The van der Waals surface area contributed by atoms with Crippen LogP contribution in [0.2, 0.25) is 0 Å². The Balaban J connectivity index is 1.67. The lowest BCUT2D eigenvalue weighted by molar-refractivity contribution is 0.00578. The first kappa shape index (κ1) is 17.3. The minimum Gasteiger partial charge on any atom is -0.399 e. The molecule has 1 aliphatic heterocycles. The fourth-order valence-corrected chi connectivity index (χ4v) is 3.21. The molecule has 2 nitrogen and oxygen atoms in total. The maximum Gasteiger partial charge on any atom is 0.494 e. The predicted octanol–water partition coefficient (Wildman–Crippen LogP) is 4.95. The van der Waals surface area contributed by atoms with E-state index in [1.54, 1.807) is 12.1 Å². The third-order valence-electron chi connectivity index (χ3n) is 5.57. The van der Waals surface area contributed by atoms with Crippen LogP contribution in [-0.2, 0) is 9.31 Å². The van der Waals surface area contributed by atoms with Crippen molar-refractivity contribution in [2.24, 2.45) is 0 Å². The molecule has 0 spiro atoms. The summed E-state index contributed by atoms with van der Waals surface area (Å²) in [4.78, 5) is 0. The highest BCUT2D eigenvalue weighted by molar-refractivity contribution is 6.62. The third-order valence-corrected chi connectivity index (χ3v) is 5.57. The minimum atomic E-state index is -0.360. The molecule has 0 aromatic heterocycles. The Labute approximate surface area is 154 Å². The lowest BCUT2D eigenvalue weighted by Crippen LogP contribution is -2.41. The van der Waals surface area contributed by atoms with E-state index in [0.29, 0.717) is 0 Å². The summed E-state index contributed by atoms with van der Waals surface area (Å²) in [7, 11) is -0.360. The van der Waals surface area contributed by atoms with E-state index in [0.717, 1.165) is 27.4 Å². The highest BCUT2D eigenvalue weighted by Gasteiger charge is 2.51. The third kappa shape index (κ3) is 2.93. The van der Waals surface area contributed by atoms with Gasteiger partial charge in [0.2, 0.25) is 0 Å². The summed E-state index contributed by atoms with van der Waals surface area (Å²) in [6.45, 7) is 8.23. The summed E-state index contributed by atoms with van der Waals surface area (Å²) < 4.78 is 25.4. The average Bonchev–Trinajstić information content (AvgIpc) is 2.82. The Morgan fingerprint density at radius 2 is 1.23 bits per heavy atom. The highest BCUT2D eigenvalue weighted by Crippen LogP contribution is 2.36. The van der Waals surface area contributed by atoms with Crippen LogP contribution in [0.5, 0.6) is 0 Å². The van der Waals surface area contributed by atoms with Crippen molar-refractivity contribution in [3.05, 3.63) is 66.5 Å². The van der Waals surface area contributed by atoms with E-state index in [4.69, 9.17) is 9.31 Å². The zero-order valence-electron chi connectivity index (χ0n) is 15.5. The molecule has 0 unspecified atom stereocenters. The molecule has 0 N–H and O–H groups in total. The number of hydrogen-bond donors (Lipinski definition) is 0. The number of rotatable bonds is 2. The van der Waals surface area contributed by atoms with Gasteiger partial charge in [0.25, 0.3) is 0 Å². The molecule has 1 heterocycles. The summed E-state index contributed by atoms with van der Waals surface area (Å²) >= 11 is 0. The first-order valence-corrected chi connectivity index (χ1v) is 8.90. The van der Waals surface area contributed by atoms with Gasteiger partial charge in [0, 0.05) is 0 Å². The Bertz CT molecular complexity index is 948. The van der Waals surface area contributed by atoms with Gasteiger partial charge in [-0.25, -0.2) is 4.39 Å². The number of benzene rings is 3. The first-order valence-electron chi connectivity index (χ1n) is 8.90. The highest BCUT2D eigenvalue weighted by atomic mass is 19.1. The molecule has 0 saturated carbocycles. The van der Waals surface area contributed by atoms with Crippen molar-refractivity contribution < 1.29 is 13.7 Å². The molecular weight excluding hydrogens is 326 g/mol. The van der Waals surface area contributed by atoms with Gasteiger partial charge in [-0.1, -0.05) is 42.5 Å². The van der Waals surface area contributed by atoms with Gasteiger partial charge in [0.1, 0.15) is 5.82 Å². The molecule has 0 radical (unpaired) electrons. The molecule has 26 heavy (non-hydrogen) atoms. The molecule has 3 aromatic carbocycles. The first-order chi connectivity index (χ1) is 12.2. The molecule has 1 aliphatic rings. The number of halogens is 1. The van der Waals surface area contributed by atoms with Crippen molar-refractivity contribution in [2.45, 2.75) is 38.9 Å². The van der Waals surface area contributed by atoms with Crippen molar-refractivity contribution in [2.75, 3.05) is 0 Å². The molecule has 1 saturated heterocycles. The fraction of sp³-hybridized carbons (Fsp3) is 0.273. The maximum atomic E-state index is 13.1. The van der Waals surface area contributed by atoms with E-state index in [1.165, 1.54) is 12.1 Å². The molecular formula is C22H22BFO2. The van der Waals surface area contributed by atoms with Crippen molar-refractivity contribution in [1.82, 2.24) is 0 Å². The van der Waals surface area contributed by atoms with E-state index < -0.39 is 0 Å². The quantitative estimate of drug-likeness (QED) is 0.611. The Hall–Kier alpha value is -2.17. The number of hydrogen-bond acceptors (Lipinski definition) is 2. The topological polar surface area (TPSA) is 18.5 Å². The van der Waals surface area contributed by atoms with Gasteiger partial charge in [-0.05, 0) is 73.3 Å². The van der Waals surface area contributed by atoms with Gasteiger partial charge in [-0.2, -0.15) is 0 Å². The maximum absolute atomic E-state index is 13.1. The monoisotopic (exact) mass is 348 g/mol. The normalized spacial score (nSPS) is 18.4. The molecule has 0 amide bonds. The van der Waals surface area contributed by atoms with Crippen LogP contribution in [0.15, 0.2) is 60.7 Å². The number of fused-ring (bicyclic) bond motifs is 1. The molecule has 4 rings (SSSR count). The van der Waals surface area contributed by atoms with Gasteiger partial charge < -0.3 is 9.31 Å². The fourth-order valence-electron chi connectivity index (χ4n) is 3.21. The van der Waals surface area contributed by atoms with Crippen LogP contribution in [0.3, 0.4) is 0 Å². The standard InChI is InChI=1S/C22H22BFO2/c1-21(2)22(3,4)26-23(25-21)19-10-7-17-13-16(5-6-18(17)14-19)15-8-11-20(24)12-9-15/h5-14H,1-4H3. The van der Waals surface area contributed by atoms with E-state index in [2.05, 4.69) is 64.1 Å². The van der Waals surface area contributed by atoms with E-state index >= 15 is 0 Å². The zero-order chi connectivity index (χ0) is 18.5. The second-order valence-electron chi connectivity index (χ2n) is 7.92. The van der Waals surface area contributed by atoms with E-state index in [-0.39, 0.29) is 24.1 Å². The van der Waals surface area contributed by atoms with Crippen molar-refractivity contribution in [3.63, 3.8) is 0 Å². The predicted molar refractivity (Wildman–Crippen MR) is 105 cm³/mol. The van der Waals surface area contributed by atoms with Crippen LogP contribution in [0.1, 0.15) is 27.7 Å².